The van der Waals surface area contributed by atoms with Crippen molar-refractivity contribution >= 4 is 10.0 Å². The number of hydrogen-bond donors (Lipinski definition) is 1. The SMILES string of the molecule is CCCCCCNS(=O)(=O)c1ccc(COC)cc1. The first-order chi connectivity index (χ1) is 9.10. The van der Waals surface area contributed by atoms with Crippen molar-refractivity contribution in [1.29, 1.82) is 0 Å². The Morgan fingerprint density at radius 1 is 1.11 bits per heavy atom. The molecule has 108 valence electrons. The van der Waals surface area contributed by atoms with Gasteiger partial charge in [0.1, 0.15) is 0 Å². The van der Waals surface area contributed by atoms with Gasteiger partial charge < -0.3 is 4.74 Å². The summed E-state index contributed by atoms with van der Waals surface area (Å²) < 4.78 is 31.6. The van der Waals surface area contributed by atoms with E-state index in [1.807, 2.05) is 0 Å². The van der Waals surface area contributed by atoms with Gasteiger partial charge in [0.05, 0.1) is 11.5 Å². The number of ether oxygens (including phenoxy) is 1. The third-order valence-corrected chi connectivity index (χ3v) is 4.34. The standard InChI is InChI=1S/C14H23NO3S/c1-3-4-5-6-11-15-19(16,17)14-9-7-13(8-10-14)12-18-2/h7-10,15H,3-6,11-12H2,1-2H3. The van der Waals surface area contributed by atoms with Crippen LogP contribution in [0.25, 0.3) is 0 Å². The maximum absolute atomic E-state index is 12.0. The van der Waals surface area contributed by atoms with E-state index in [1.165, 1.54) is 0 Å². The number of methoxy groups -OCH3 is 1. The highest BCUT2D eigenvalue weighted by molar-refractivity contribution is 7.89. The first kappa shape index (κ1) is 16.1. The summed E-state index contributed by atoms with van der Waals surface area (Å²) in [7, 11) is -1.76. The molecule has 1 aromatic rings. The summed E-state index contributed by atoms with van der Waals surface area (Å²) in [5, 5.41) is 0. The summed E-state index contributed by atoms with van der Waals surface area (Å²) in [6, 6.07) is 6.77. The van der Waals surface area contributed by atoms with Crippen molar-refractivity contribution in [3.05, 3.63) is 29.8 Å². The molecule has 0 unspecified atom stereocenters. The number of hydrogen-bond acceptors (Lipinski definition) is 3. The molecule has 0 fully saturated rings. The normalized spacial score (nSPS) is 11.7. The van der Waals surface area contributed by atoms with Crippen LogP contribution in [0.1, 0.15) is 38.2 Å². The number of nitrogens with one attached hydrogen (secondary N) is 1. The molecule has 0 aliphatic carbocycles. The van der Waals surface area contributed by atoms with Gasteiger partial charge in [-0.15, -0.1) is 0 Å². The molecular weight excluding hydrogens is 262 g/mol. The van der Waals surface area contributed by atoms with Crippen molar-refractivity contribution in [2.45, 2.75) is 44.1 Å². The molecule has 1 N–H and O–H groups in total. The van der Waals surface area contributed by atoms with Crippen LogP contribution in [0.4, 0.5) is 0 Å². The first-order valence-corrected chi connectivity index (χ1v) is 8.16. The Kier molecular flexibility index (Phi) is 7.05. The molecule has 0 aliphatic rings. The highest BCUT2D eigenvalue weighted by atomic mass is 32.2. The van der Waals surface area contributed by atoms with Crippen LogP contribution < -0.4 is 4.72 Å². The summed E-state index contributed by atoms with van der Waals surface area (Å²) in [5.74, 6) is 0. The Morgan fingerprint density at radius 2 is 1.79 bits per heavy atom. The van der Waals surface area contributed by atoms with E-state index in [9.17, 15) is 8.42 Å². The second-order valence-electron chi connectivity index (χ2n) is 4.54. The van der Waals surface area contributed by atoms with Crippen molar-refractivity contribution < 1.29 is 13.2 Å². The number of rotatable bonds is 9. The monoisotopic (exact) mass is 285 g/mol. The predicted octanol–water partition coefficient (Wildman–Crippen LogP) is 2.69. The van der Waals surface area contributed by atoms with Crippen LogP contribution in [0.15, 0.2) is 29.2 Å². The van der Waals surface area contributed by atoms with Crippen molar-refractivity contribution in [2.75, 3.05) is 13.7 Å². The van der Waals surface area contributed by atoms with E-state index in [4.69, 9.17) is 4.74 Å². The summed E-state index contributed by atoms with van der Waals surface area (Å²) >= 11 is 0. The fourth-order valence-electron chi connectivity index (χ4n) is 1.77. The van der Waals surface area contributed by atoms with E-state index in [-0.39, 0.29) is 0 Å². The first-order valence-electron chi connectivity index (χ1n) is 6.67. The smallest absolute Gasteiger partial charge is 0.240 e. The van der Waals surface area contributed by atoms with E-state index in [0.717, 1.165) is 31.2 Å². The van der Waals surface area contributed by atoms with Crippen molar-refractivity contribution in [3.8, 4) is 0 Å². The van der Waals surface area contributed by atoms with Crippen LogP contribution >= 0.6 is 0 Å². The van der Waals surface area contributed by atoms with Crippen LogP contribution in [0.3, 0.4) is 0 Å². The molecule has 1 rings (SSSR count). The van der Waals surface area contributed by atoms with Gasteiger partial charge in [0.15, 0.2) is 0 Å². The quantitative estimate of drug-likeness (QED) is 0.710. The van der Waals surface area contributed by atoms with Gasteiger partial charge in [-0.05, 0) is 24.1 Å². The zero-order chi connectivity index (χ0) is 14.1. The van der Waals surface area contributed by atoms with Crippen LogP contribution in [-0.2, 0) is 21.4 Å². The van der Waals surface area contributed by atoms with Gasteiger partial charge in [-0.25, -0.2) is 13.1 Å². The summed E-state index contributed by atoms with van der Waals surface area (Å²) in [5.41, 5.74) is 0.962. The van der Waals surface area contributed by atoms with Gasteiger partial charge >= 0.3 is 0 Å². The van der Waals surface area contributed by atoms with E-state index < -0.39 is 10.0 Å². The minimum atomic E-state index is -3.37. The Labute approximate surface area is 116 Å². The van der Waals surface area contributed by atoms with E-state index in [0.29, 0.717) is 18.0 Å². The predicted molar refractivity (Wildman–Crippen MR) is 76.5 cm³/mol. The maximum atomic E-state index is 12.0. The third-order valence-electron chi connectivity index (χ3n) is 2.87. The number of sulfonamides is 1. The van der Waals surface area contributed by atoms with Crippen LogP contribution in [0, 0.1) is 0 Å². The van der Waals surface area contributed by atoms with E-state index in [1.54, 1.807) is 31.4 Å². The fraction of sp³-hybridized carbons (Fsp3) is 0.571. The molecule has 0 heterocycles. The molecule has 0 atom stereocenters. The number of unbranched alkanes of at least 4 members (excludes halogenated alkanes) is 3. The zero-order valence-electron chi connectivity index (χ0n) is 11.7. The van der Waals surface area contributed by atoms with Crippen molar-refractivity contribution in [2.24, 2.45) is 0 Å². The van der Waals surface area contributed by atoms with Crippen LogP contribution in [-0.4, -0.2) is 22.1 Å². The molecule has 0 saturated carbocycles. The lowest BCUT2D eigenvalue weighted by Crippen LogP contribution is -2.24. The average molecular weight is 285 g/mol. The molecule has 4 nitrogen and oxygen atoms in total. The van der Waals surface area contributed by atoms with Crippen molar-refractivity contribution in [3.63, 3.8) is 0 Å². The van der Waals surface area contributed by atoms with Gasteiger partial charge in [0.25, 0.3) is 0 Å². The van der Waals surface area contributed by atoms with Gasteiger partial charge in [-0.1, -0.05) is 38.3 Å². The van der Waals surface area contributed by atoms with Crippen molar-refractivity contribution in [1.82, 2.24) is 4.72 Å². The zero-order valence-corrected chi connectivity index (χ0v) is 12.5. The highest BCUT2D eigenvalue weighted by Crippen LogP contribution is 2.11. The van der Waals surface area contributed by atoms with Gasteiger partial charge in [-0.2, -0.15) is 0 Å². The molecular formula is C14H23NO3S. The lowest BCUT2D eigenvalue weighted by atomic mass is 10.2. The average Bonchev–Trinajstić information content (AvgIpc) is 2.39. The Morgan fingerprint density at radius 3 is 2.37 bits per heavy atom. The van der Waals surface area contributed by atoms with Gasteiger partial charge in [0, 0.05) is 13.7 Å². The molecule has 0 saturated heterocycles. The summed E-state index contributed by atoms with van der Waals surface area (Å²) in [6.07, 6.45) is 4.24. The molecule has 0 bridgehead atoms. The second kappa shape index (κ2) is 8.30. The Bertz CT molecular complexity index is 454. The molecule has 19 heavy (non-hydrogen) atoms. The van der Waals surface area contributed by atoms with Gasteiger partial charge in [0.2, 0.25) is 10.0 Å². The lowest BCUT2D eigenvalue weighted by molar-refractivity contribution is 0.185. The molecule has 5 heteroatoms. The summed E-state index contributed by atoms with van der Waals surface area (Å²) in [4.78, 5) is 0.308. The Hall–Kier alpha value is -0.910. The fourth-order valence-corrected chi connectivity index (χ4v) is 2.85. The molecule has 0 aliphatic heterocycles. The minimum absolute atomic E-state index is 0.308. The van der Waals surface area contributed by atoms with Gasteiger partial charge in [-0.3, -0.25) is 0 Å². The lowest BCUT2D eigenvalue weighted by Gasteiger charge is -2.07. The molecule has 0 amide bonds. The largest absolute Gasteiger partial charge is 0.380 e. The molecule has 0 aromatic heterocycles. The van der Waals surface area contributed by atoms with Crippen LogP contribution in [0.5, 0.6) is 0 Å². The highest BCUT2D eigenvalue weighted by Gasteiger charge is 2.12. The summed E-state index contributed by atoms with van der Waals surface area (Å²) in [6.45, 7) is 3.12. The molecule has 0 spiro atoms. The molecule has 1 aromatic carbocycles. The molecule has 0 radical (unpaired) electrons. The maximum Gasteiger partial charge on any atom is 0.240 e. The van der Waals surface area contributed by atoms with E-state index in [2.05, 4.69) is 11.6 Å². The number of benzene rings is 1. The minimum Gasteiger partial charge on any atom is -0.380 e. The van der Waals surface area contributed by atoms with E-state index >= 15 is 0 Å². The van der Waals surface area contributed by atoms with Crippen LogP contribution in [0.2, 0.25) is 0 Å². The second-order valence-corrected chi connectivity index (χ2v) is 6.30. The topological polar surface area (TPSA) is 55.4 Å². The Balaban J connectivity index is 2.52. The third kappa shape index (κ3) is 5.72.